The van der Waals surface area contributed by atoms with E-state index in [1.807, 2.05) is 25.1 Å². The first-order valence-corrected chi connectivity index (χ1v) is 15.7. The molecule has 11 heteroatoms. The molecule has 44 heavy (non-hydrogen) atoms. The van der Waals surface area contributed by atoms with Gasteiger partial charge in [0.15, 0.2) is 11.4 Å². The summed E-state index contributed by atoms with van der Waals surface area (Å²) in [6, 6.07) is 0.853. The maximum atomic E-state index is 14.2. The van der Waals surface area contributed by atoms with Crippen LogP contribution in [0, 0.1) is 23.7 Å². The minimum Gasteiger partial charge on any atom is -0.508 e. The van der Waals surface area contributed by atoms with Crippen molar-refractivity contribution in [3.05, 3.63) is 39.7 Å². The zero-order valence-corrected chi connectivity index (χ0v) is 26.0. The molecule has 6 N–H and O–H groups in total. The number of amides is 1. The van der Waals surface area contributed by atoms with Gasteiger partial charge in [0.25, 0.3) is 5.91 Å². The van der Waals surface area contributed by atoms with Crippen molar-refractivity contribution >= 4 is 28.9 Å². The van der Waals surface area contributed by atoms with Crippen LogP contribution in [0.1, 0.15) is 55.2 Å². The molecule has 1 aromatic carbocycles. The van der Waals surface area contributed by atoms with E-state index < -0.39 is 58.0 Å². The predicted molar refractivity (Wildman–Crippen MR) is 164 cm³/mol. The van der Waals surface area contributed by atoms with E-state index in [1.54, 1.807) is 14.1 Å². The van der Waals surface area contributed by atoms with E-state index in [4.69, 9.17) is 5.73 Å². The lowest BCUT2D eigenvalue weighted by Gasteiger charge is -2.50. The monoisotopic (exact) mass is 608 g/mol. The first kappa shape index (κ1) is 30.6. The third kappa shape index (κ3) is 4.46. The lowest BCUT2D eigenvalue weighted by atomic mass is 9.57. The zero-order valence-electron chi connectivity index (χ0n) is 26.0. The van der Waals surface area contributed by atoms with E-state index in [-0.39, 0.29) is 29.7 Å². The zero-order chi connectivity index (χ0) is 31.8. The summed E-state index contributed by atoms with van der Waals surface area (Å²) in [5.41, 5.74) is 4.12. The molecule has 3 fully saturated rings. The number of aliphatic hydroxyl groups is 3. The van der Waals surface area contributed by atoms with Crippen LogP contribution >= 0.6 is 0 Å². The Morgan fingerprint density at radius 3 is 2.39 bits per heavy atom. The molecule has 2 saturated carbocycles. The fourth-order valence-electron chi connectivity index (χ4n) is 8.93. The number of fused-ring (bicyclic) bond motifs is 4. The second-order valence-corrected chi connectivity index (χ2v) is 13.9. The van der Waals surface area contributed by atoms with Gasteiger partial charge < -0.3 is 31.1 Å². The molecule has 238 valence electrons. The normalized spacial score (nSPS) is 32.3. The summed E-state index contributed by atoms with van der Waals surface area (Å²) in [6.45, 7) is 2.38. The molecule has 6 atom stereocenters. The topological polar surface area (TPSA) is 168 Å². The third-order valence-electron chi connectivity index (χ3n) is 11.0. The summed E-state index contributed by atoms with van der Waals surface area (Å²) < 4.78 is 0. The van der Waals surface area contributed by atoms with E-state index in [9.17, 15) is 34.8 Å². The largest absolute Gasteiger partial charge is 0.508 e. The van der Waals surface area contributed by atoms with Gasteiger partial charge in [0.1, 0.15) is 22.8 Å². The molecule has 2 unspecified atom stereocenters. The molecule has 1 aromatic rings. The SMILES string of the molecule is CN(C)c1cc(CN2CCC3CCCCC3C2)c(O)c2c1C[C@H]1C[C@H]3[C@H](N(C)C)C(=O)C(C(N)=O)=C(O)[C@@]3(O)C(=O)C1=C2O. The van der Waals surface area contributed by atoms with Gasteiger partial charge >= 0.3 is 0 Å². The number of benzene rings is 1. The van der Waals surface area contributed by atoms with Gasteiger partial charge in [-0.15, -0.1) is 0 Å². The molecule has 1 saturated heterocycles. The van der Waals surface area contributed by atoms with Crippen LogP contribution in [0.15, 0.2) is 23.0 Å². The molecule has 0 aromatic heterocycles. The Morgan fingerprint density at radius 2 is 1.75 bits per heavy atom. The van der Waals surface area contributed by atoms with E-state index in [0.717, 1.165) is 31.1 Å². The van der Waals surface area contributed by atoms with Crippen molar-refractivity contribution < 1.29 is 34.8 Å². The number of Topliss-reactive ketones (excluding diaryl/α,β-unsaturated/α-hetero) is 2. The Morgan fingerprint density at radius 1 is 1.07 bits per heavy atom. The van der Waals surface area contributed by atoms with Gasteiger partial charge in [0.2, 0.25) is 5.78 Å². The van der Waals surface area contributed by atoms with Crippen LogP contribution in [-0.4, -0.2) is 101 Å². The number of likely N-dealkylation sites (tertiary alicyclic amines) is 1. The van der Waals surface area contributed by atoms with Crippen molar-refractivity contribution in [2.45, 2.75) is 63.1 Å². The summed E-state index contributed by atoms with van der Waals surface area (Å²) in [7, 11) is 6.96. The van der Waals surface area contributed by atoms with Crippen LogP contribution in [0.2, 0.25) is 0 Å². The summed E-state index contributed by atoms with van der Waals surface area (Å²) in [6.07, 6.45) is 6.52. The second kappa shape index (κ2) is 10.9. The number of phenols is 1. The Kier molecular flexibility index (Phi) is 7.57. The van der Waals surface area contributed by atoms with Gasteiger partial charge in [-0.1, -0.05) is 19.3 Å². The number of likely N-dealkylation sites (N-methyl/N-ethyl adjacent to an activating group) is 1. The van der Waals surface area contributed by atoms with Crippen molar-refractivity contribution in [3.63, 3.8) is 0 Å². The smallest absolute Gasteiger partial charge is 0.255 e. The summed E-state index contributed by atoms with van der Waals surface area (Å²) in [4.78, 5) is 45.6. The van der Waals surface area contributed by atoms with Crippen LogP contribution in [-0.2, 0) is 27.3 Å². The van der Waals surface area contributed by atoms with Crippen LogP contribution < -0.4 is 10.6 Å². The van der Waals surface area contributed by atoms with Crippen LogP contribution in [0.4, 0.5) is 5.69 Å². The van der Waals surface area contributed by atoms with Crippen LogP contribution in [0.25, 0.3) is 5.76 Å². The van der Waals surface area contributed by atoms with Gasteiger partial charge in [-0.2, -0.15) is 0 Å². The molecule has 0 bridgehead atoms. The molecule has 1 heterocycles. The number of phenolic OH excluding ortho intramolecular Hbond substituents is 1. The first-order chi connectivity index (χ1) is 20.8. The highest BCUT2D eigenvalue weighted by molar-refractivity contribution is 6.24. The van der Waals surface area contributed by atoms with Gasteiger partial charge in [-0.05, 0) is 75.7 Å². The van der Waals surface area contributed by atoms with Crippen molar-refractivity contribution in [2.75, 3.05) is 46.2 Å². The maximum absolute atomic E-state index is 14.2. The molecular formula is C33H44N4O7. The molecular weight excluding hydrogens is 564 g/mol. The van der Waals surface area contributed by atoms with Crippen molar-refractivity contribution in [1.82, 2.24) is 9.80 Å². The Hall–Kier alpha value is -3.41. The lowest BCUT2D eigenvalue weighted by molar-refractivity contribution is -0.153. The van der Waals surface area contributed by atoms with Gasteiger partial charge in [-0.3, -0.25) is 24.2 Å². The molecule has 1 amide bonds. The number of carbonyl (C=O) groups excluding carboxylic acids is 3. The van der Waals surface area contributed by atoms with Crippen LogP contribution in [0.5, 0.6) is 5.75 Å². The number of nitrogens with two attached hydrogens (primary N) is 1. The highest BCUT2D eigenvalue weighted by Gasteiger charge is 2.64. The Balaban J connectivity index is 1.44. The van der Waals surface area contributed by atoms with Gasteiger partial charge in [0.05, 0.1) is 11.6 Å². The van der Waals surface area contributed by atoms with E-state index >= 15 is 0 Å². The van der Waals surface area contributed by atoms with Crippen molar-refractivity contribution in [1.29, 1.82) is 0 Å². The number of hydrogen-bond acceptors (Lipinski definition) is 10. The number of rotatable bonds is 5. The van der Waals surface area contributed by atoms with E-state index in [2.05, 4.69) is 4.90 Å². The fraction of sp³-hybridized carbons (Fsp3) is 0.606. The predicted octanol–water partition coefficient (Wildman–Crippen LogP) is 2.04. The number of anilines is 1. The first-order valence-electron chi connectivity index (χ1n) is 15.7. The molecule has 5 aliphatic rings. The van der Waals surface area contributed by atoms with Crippen molar-refractivity contribution in [2.24, 2.45) is 29.4 Å². The van der Waals surface area contributed by atoms with Gasteiger partial charge in [-0.25, -0.2) is 0 Å². The number of primary amides is 1. The fourth-order valence-corrected chi connectivity index (χ4v) is 8.93. The molecule has 6 rings (SSSR count). The lowest BCUT2D eigenvalue weighted by Crippen LogP contribution is -2.65. The van der Waals surface area contributed by atoms with Crippen LogP contribution in [0.3, 0.4) is 0 Å². The number of nitrogens with zero attached hydrogens (tertiary/aromatic N) is 3. The summed E-state index contributed by atoms with van der Waals surface area (Å²) >= 11 is 0. The average Bonchev–Trinajstić information content (AvgIpc) is 2.95. The minimum atomic E-state index is -2.65. The molecule has 0 radical (unpaired) electrons. The van der Waals surface area contributed by atoms with Crippen molar-refractivity contribution in [3.8, 4) is 5.75 Å². The number of ketones is 2. The molecule has 11 nitrogen and oxygen atoms in total. The molecule has 4 aliphatic carbocycles. The minimum absolute atomic E-state index is 0.0669. The maximum Gasteiger partial charge on any atom is 0.255 e. The molecule has 0 spiro atoms. The van der Waals surface area contributed by atoms with Gasteiger partial charge in [0, 0.05) is 49.9 Å². The second-order valence-electron chi connectivity index (χ2n) is 13.9. The quantitative estimate of drug-likeness (QED) is 0.312. The summed E-state index contributed by atoms with van der Waals surface area (Å²) in [5.74, 6) is -4.93. The van der Waals surface area contributed by atoms with E-state index in [1.165, 1.54) is 30.6 Å². The molecule has 1 aliphatic heterocycles. The highest BCUT2D eigenvalue weighted by Crippen LogP contribution is 2.54. The van der Waals surface area contributed by atoms with E-state index in [0.29, 0.717) is 23.6 Å². The highest BCUT2D eigenvalue weighted by atomic mass is 16.3. The number of carbonyl (C=O) groups is 3. The standard InChI is InChI=1S/C33H44N4O7/c1-35(2)22-13-19(15-37-10-9-16-7-5-6-8-17(16)14-37)27(38)24-20(22)11-18-12-21-26(36(3)4)29(40)25(32(34)43)31(42)33(21,44)30(41)23(18)28(24)39/h13,16-18,21,26,38-39,42,44H,5-12,14-15H2,1-4H3,(H2,34,43)/t16?,17?,18-,21-,26-,33-/m0/s1. The number of aromatic hydroxyl groups is 1. The summed E-state index contributed by atoms with van der Waals surface area (Å²) in [5, 5.41) is 46.4. The number of aliphatic hydroxyl groups excluding tert-OH is 2. The Bertz CT molecular complexity index is 1500. The third-order valence-corrected chi connectivity index (χ3v) is 11.0. The number of hydrogen-bond donors (Lipinski definition) is 5. The Labute approximate surface area is 257 Å². The average molecular weight is 609 g/mol. The number of piperidine rings is 1.